The fourth-order valence-electron chi connectivity index (χ4n) is 4.69. The average molecular weight is 353 g/mol. The highest BCUT2D eigenvalue weighted by Gasteiger charge is 2.39. The van der Waals surface area contributed by atoms with E-state index in [0.29, 0.717) is 11.5 Å². The normalized spacial score (nSPS) is 16.5. The van der Waals surface area contributed by atoms with Gasteiger partial charge in [0.1, 0.15) is 11.5 Å². The Kier molecular flexibility index (Phi) is 5.90. The largest absolute Gasteiger partial charge is 0.508 e. The van der Waals surface area contributed by atoms with Crippen molar-refractivity contribution in [3.05, 3.63) is 58.7 Å². The number of aromatic hydroxyl groups is 2. The molecule has 0 saturated heterocycles. The molecule has 0 spiro atoms. The second-order valence-corrected chi connectivity index (χ2v) is 7.85. The first-order valence-corrected chi connectivity index (χ1v) is 10.3. The van der Waals surface area contributed by atoms with Crippen LogP contribution in [0.5, 0.6) is 11.5 Å². The van der Waals surface area contributed by atoms with Gasteiger partial charge in [-0.2, -0.15) is 0 Å². The zero-order valence-corrected chi connectivity index (χ0v) is 16.2. The molecule has 1 aliphatic rings. The zero-order valence-electron chi connectivity index (χ0n) is 16.2. The Labute approximate surface area is 157 Å². The molecule has 2 heteroatoms. The molecular weight excluding hydrogens is 320 g/mol. The van der Waals surface area contributed by atoms with E-state index < -0.39 is 0 Å². The number of phenols is 2. The van der Waals surface area contributed by atoms with Gasteiger partial charge in [0.05, 0.1) is 0 Å². The lowest BCUT2D eigenvalue weighted by atomic mass is 9.64. The van der Waals surface area contributed by atoms with Crippen LogP contribution in [-0.4, -0.2) is 10.2 Å². The fraction of sp³-hybridized carbons (Fsp3) is 0.500. The lowest BCUT2D eigenvalue weighted by Gasteiger charge is -2.39. The first-order valence-electron chi connectivity index (χ1n) is 10.3. The van der Waals surface area contributed by atoms with Crippen molar-refractivity contribution in [1.29, 1.82) is 0 Å². The number of hydrogen-bond acceptors (Lipinski definition) is 2. The van der Waals surface area contributed by atoms with Gasteiger partial charge in [-0.05, 0) is 48.9 Å². The maximum absolute atomic E-state index is 10.8. The molecule has 3 rings (SSSR count). The average Bonchev–Trinajstić information content (AvgIpc) is 2.63. The summed E-state index contributed by atoms with van der Waals surface area (Å²) in [5.74, 6) is 0.768. The summed E-state index contributed by atoms with van der Waals surface area (Å²) in [6.07, 6.45) is 9.56. The molecule has 1 saturated carbocycles. The Bertz CT molecular complexity index is 684. The van der Waals surface area contributed by atoms with E-state index >= 15 is 0 Å². The Morgan fingerprint density at radius 2 is 1.19 bits per heavy atom. The van der Waals surface area contributed by atoms with E-state index in [1.165, 1.54) is 17.5 Å². The van der Waals surface area contributed by atoms with Crippen molar-refractivity contribution < 1.29 is 10.2 Å². The van der Waals surface area contributed by atoms with E-state index in [4.69, 9.17) is 0 Å². The van der Waals surface area contributed by atoms with Crippen molar-refractivity contribution >= 4 is 0 Å². The van der Waals surface area contributed by atoms with E-state index in [0.717, 1.165) is 62.5 Å². The van der Waals surface area contributed by atoms with Gasteiger partial charge < -0.3 is 10.2 Å². The smallest absolute Gasteiger partial charge is 0.119 e. The van der Waals surface area contributed by atoms with Gasteiger partial charge >= 0.3 is 0 Å². The van der Waals surface area contributed by atoms with Crippen LogP contribution in [0.1, 0.15) is 81.0 Å². The summed E-state index contributed by atoms with van der Waals surface area (Å²) >= 11 is 0. The van der Waals surface area contributed by atoms with Crippen molar-refractivity contribution in [2.24, 2.45) is 0 Å². The molecule has 0 atom stereocenters. The van der Waals surface area contributed by atoms with Crippen molar-refractivity contribution in [2.45, 2.75) is 77.0 Å². The van der Waals surface area contributed by atoms with Crippen LogP contribution in [0.4, 0.5) is 0 Å². The summed E-state index contributed by atoms with van der Waals surface area (Å²) in [7, 11) is 0. The van der Waals surface area contributed by atoms with Crippen molar-refractivity contribution in [3.63, 3.8) is 0 Å². The molecule has 140 valence electrons. The summed E-state index contributed by atoms with van der Waals surface area (Å²) in [6.45, 7) is 4.31. The topological polar surface area (TPSA) is 40.5 Å². The third kappa shape index (κ3) is 3.60. The molecule has 2 aromatic rings. The van der Waals surface area contributed by atoms with Gasteiger partial charge in [-0.25, -0.2) is 0 Å². The maximum Gasteiger partial charge on any atom is 0.119 e. The molecule has 2 aromatic carbocycles. The first-order chi connectivity index (χ1) is 12.6. The summed E-state index contributed by atoms with van der Waals surface area (Å²) in [6, 6.07) is 12.4. The molecule has 1 aliphatic carbocycles. The molecule has 0 unspecified atom stereocenters. The highest BCUT2D eigenvalue weighted by molar-refractivity contribution is 5.53. The Morgan fingerprint density at radius 3 is 1.58 bits per heavy atom. The summed E-state index contributed by atoms with van der Waals surface area (Å²) in [5, 5.41) is 21.7. The van der Waals surface area contributed by atoms with Crippen molar-refractivity contribution in [2.75, 3.05) is 0 Å². The number of hydrogen-bond donors (Lipinski definition) is 2. The van der Waals surface area contributed by atoms with E-state index in [1.54, 1.807) is 0 Å². The predicted molar refractivity (Wildman–Crippen MR) is 108 cm³/mol. The van der Waals surface area contributed by atoms with Gasteiger partial charge in [0.15, 0.2) is 0 Å². The summed E-state index contributed by atoms with van der Waals surface area (Å²) < 4.78 is 0. The molecular formula is C24H32O2. The van der Waals surface area contributed by atoms with E-state index in [-0.39, 0.29) is 5.41 Å². The summed E-state index contributed by atoms with van der Waals surface area (Å²) in [5.41, 5.74) is 4.05. The van der Waals surface area contributed by atoms with Gasteiger partial charge in [0.2, 0.25) is 0 Å². The van der Waals surface area contributed by atoms with Crippen LogP contribution in [-0.2, 0) is 18.3 Å². The molecule has 1 fully saturated rings. The highest BCUT2D eigenvalue weighted by atomic mass is 16.3. The van der Waals surface area contributed by atoms with Crippen LogP contribution in [0.15, 0.2) is 36.4 Å². The number of benzene rings is 2. The van der Waals surface area contributed by atoms with Gasteiger partial charge in [0, 0.05) is 16.5 Å². The quantitative estimate of drug-likeness (QED) is 0.645. The minimum Gasteiger partial charge on any atom is -0.508 e. The number of rotatable bonds is 6. The Balaban J connectivity index is 2.08. The second kappa shape index (κ2) is 8.16. The fourth-order valence-corrected chi connectivity index (χ4v) is 4.69. The Hall–Kier alpha value is -1.96. The number of aryl methyl sites for hydroxylation is 2. The van der Waals surface area contributed by atoms with Gasteiger partial charge in [-0.1, -0.05) is 70.2 Å². The van der Waals surface area contributed by atoms with Crippen LogP contribution >= 0.6 is 0 Å². The maximum atomic E-state index is 10.8. The lowest BCUT2D eigenvalue weighted by Crippen LogP contribution is -2.30. The van der Waals surface area contributed by atoms with E-state index in [9.17, 15) is 10.2 Å². The molecule has 0 heterocycles. The number of phenolic OH excluding ortho intramolecular Hbond substituents is 2. The van der Waals surface area contributed by atoms with Crippen LogP contribution in [0.3, 0.4) is 0 Å². The molecule has 0 aliphatic heterocycles. The van der Waals surface area contributed by atoms with Crippen molar-refractivity contribution in [3.8, 4) is 11.5 Å². The SMILES string of the molecule is CCCc1ccc(C2(c3ccc(CCC)cc3O)CCCCC2)c(O)c1. The standard InChI is InChI=1S/C24H32O2/c1-3-8-18-10-12-20(22(25)16-18)24(14-6-5-7-15-24)21-13-11-19(9-4-2)17-23(21)26/h10-13,16-17,25-26H,3-9,14-15H2,1-2H3. The highest BCUT2D eigenvalue weighted by Crippen LogP contribution is 2.50. The zero-order chi connectivity index (χ0) is 18.6. The molecule has 2 nitrogen and oxygen atoms in total. The van der Waals surface area contributed by atoms with Gasteiger partial charge in [-0.3, -0.25) is 0 Å². The predicted octanol–water partition coefficient (Wildman–Crippen LogP) is 6.25. The minimum absolute atomic E-state index is 0.276. The third-order valence-electron chi connectivity index (χ3n) is 5.94. The van der Waals surface area contributed by atoms with Gasteiger partial charge in [0.25, 0.3) is 0 Å². The second-order valence-electron chi connectivity index (χ2n) is 7.85. The molecule has 0 aromatic heterocycles. The molecule has 0 radical (unpaired) electrons. The van der Waals surface area contributed by atoms with Crippen LogP contribution in [0, 0.1) is 0 Å². The minimum atomic E-state index is -0.276. The van der Waals surface area contributed by atoms with E-state index in [1.807, 2.05) is 12.1 Å². The molecule has 2 N–H and O–H groups in total. The van der Waals surface area contributed by atoms with Gasteiger partial charge in [-0.15, -0.1) is 0 Å². The van der Waals surface area contributed by atoms with Crippen LogP contribution in [0.2, 0.25) is 0 Å². The molecule has 0 bridgehead atoms. The van der Waals surface area contributed by atoms with Crippen LogP contribution < -0.4 is 0 Å². The third-order valence-corrected chi connectivity index (χ3v) is 5.94. The van der Waals surface area contributed by atoms with Crippen molar-refractivity contribution in [1.82, 2.24) is 0 Å². The first kappa shape index (κ1) is 18.8. The summed E-state index contributed by atoms with van der Waals surface area (Å²) in [4.78, 5) is 0. The van der Waals surface area contributed by atoms with Crippen LogP contribution in [0.25, 0.3) is 0 Å². The van der Waals surface area contributed by atoms with E-state index in [2.05, 4.69) is 38.1 Å². The molecule has 0 amide bonds. The Morgan fingerprint density at radius 1 is 0.731 bits per heavy atom. The lowest BCUT2D eigenvalue weighted by molar-refractivity contribution is 0.321. The monoisotopic (exact) mass is 352 g/mol. The molecule has 26 heavy (non-hydrogen) atoms.